The third-order valence-corrected chi connectivity index (χ3v) is 2.57. The summed E-state index contributed by atoms with van der Waals surface area (Å²) in [6.45, 7) is 0. The van der Waals surface area contributed by atoms with E-state index in [0.29, 0.717) is 15.4 Å². The lowest BCUT2D eigenvalue weighted by Crippen LogP contribution is -2.01. The van der Waals surface area contributed by atoms with Crippen LogP contribution in [0.1, 0.15) is 11.7 Å². The van der Waals surface area contributed by atoms with Crippen LogP contribution < -0.4 is 0 Å². The summed E-state index contributed by atoms with van der Waals surface area (Å²) < 4.78 is 13.7. The molecule has 1 aromatic rings. The van der Waals surface area contributed by atoms with E-state index in [4.69, 9.17) is 0 Å². The minimum absolute atomic E-state index is 0.315. The van der Waals surface area contributed by atoms with E-state index in [1.807, 2.05) is 0 Å². The Hall–Kier alpha value is 0.0700. The van der Waals surface area contributed by atoms with Crippen LogP contribution in [0.3, 0.4) is 0 Å². The van der Waals surface area contributed by atoms with E-state index >= 15 is 0 Å². The van der Waals surface area contributed by atoms with Gasteiger partial charge in [0.05, 0.1) is 6.10 Å². The second-order valence-electron chi connectivity index (χ2n) is 2.34. The third-order valence-electron chi connectivity index (χ3n) is 1.47. The van der Waals surface area contributed by atoms with Crippen LogP contribution in [0.2, 0.25) is 0 Å². The van der Waals surface area contributed by atoms with Crippen molar-refractivity contribution in [2.24, 2.45) is 0 Å². The fraction of sp³-hybridized carbons (Fsp3) is 0.250. The van der Waals surface area contributed by atoms with Gasteiger partial charge >= 0.3 is 0 Å². The number of aliphatic hydroxyl groups excluding tert-OH is 1. The number of rotatable bonds is 2. The summed E-state index contributed by atoms with van der Waals surface area (Å²) in [7, 11) is 0. The lowest BCUT2D eigenvalue weighted by molar-refractivity contribution is 0.200. The maximum absolute atomic E-state index is 13.1. The Morgan fingerprint density at radius 3 is 2.67 bits per heavy atom. The molecule has 0 aromatic heterocycles. The fourth-order valence-electron chi connectivity index (χ4n) is 0.855. The van der Waals surface area contributed by atoms with Crippen molar-refractivity contribution in [3.05, 3.63) is 34.1 Å². The standard InChI is InChI=1S/C8H7Br2FO/c9-4-8(12)6-2-1-5(10)3-7(6)11/h1-3,8,12H,4H2. The SMILES string of the molecule is OC(CBr)c1ccc(Br)cc1F. The molecule has 0 spiro atoms. The molecule has 1 aromatic carbocycles. The molecule has 66 valence electrons. The predicted octanol–water partition coefficient (Wildman–Crippen LogP) is 3.02. The van der Waals surface area contributed by atoms with Crippen molar-refractivity contribution in [2.75, 3.05) is 5.33 Å². The molecule has 0 bridgehead atoms. The van der Waals surface area contributed by atoms with Gasteiger partial charge in [-0.1, -0.05) is 37.9 Å². The molecule has 0 saturated heterocycles. The second-order valence-corrected chi connectivity index (χ2v) is 3.90. The van der Waals surface area contributed by atoms with E-state index in [1.54, 1.807) is 12.1 Å². The molecule has 0 saturated carbocycles. The lowest BCUT2D eigenvalue weighted by Gasteiger charge is -2.07. The Balaban J connectivity index is 3.01. The van der Waals surface area contributed by atoms with Gasteiger partial charge in [0.25, 0.3) is 0 Å². The Morgan fingerprint density at radius 1 is 1.50 bits per heavy atom. The molecule has 0 fully saturated rings. The second kappa shape index (κ2) is 4.35. The molecule has 1 nitrogen and oxygen atoms in total. The van der Waals surface area contributed by atoms with Crippen LogP contribution >= 0.6 is 31.9 Å². The van der Waals surface area contributed by atoms with Crippen LogP contribution in [0, 0.1) is 5.82 Å². The Kier molecular flexibility index (Phi) is 3.68. The Bertz CT molecular complexity index is 278. The first-order valence-electron chi connectivity index (χ1n) is 3.34. The highest BCUT2D eigenvalue weighted by atomic mass is 79.9. The van der Waals surface area contributed by atoms with E-state index in [0.717, 1.165) is 0 Å². The van der Waals surface area contributed by atoms with Crippen LogP contribution in [0.15, 0.2) is 22.7 Å². The molecular weight excluding hydrogens is 291 g/mol. The number of hydrogen-bond acceptors (Lipinski definition) is 1. The maximum Gasteiger partial charge on any atom is 0.130 e. The van der Waals surface area contributed by atoms with E-state index in [2.05, 4.69) is 31.9 Å². The van der Waals surface area contributed by atoms with Crippen molar-refractivity contribution < 1.29 is 9.50 Å². The molecule has 0 aliphatic heterocycles. The van der Waals surface area contributed by atoms with Crippen molar-refractivity contribution in [1.82, 2.24) is 0 Å². The monoisotopic (exact) mass is 296 g/mol. The van der Waals surface area contributed by atoms with Crippen LogP contribution in [0.25, 0.3) is 0 Å². The summed E-state index contributed by atoms with van der Waals surface area (Å²) in [4.78, 5) is 0. The van der Waals surface area contributed by atoms with Gasteiger partial charge in [0.2, 0.25) is 0 Å². The molecule has 0 aliphatic rings. The first kappa shape index (κ1) is 10.2. The number of aliphatic hydroxyl groups is 1. The normalized spacial score (nSPS) is 13.0. The minimum atomic E-state index is -0.780. The van der Waals surface area contributed by atoms with Crippen LogP contribution in [-0.4, -0.2) is 10.4 Å². The molecule has 0 aliphatic carbocycles. The summed E-state index contributed by atoms with van der Waals surface area (Å²) in [5, 5.41) is 9.64. The Labute approximate surface area is 86.9 Å². The smallest absolute Gasteiger partial charge is 0.130 e. The summed E-state index contributed by atoms with van der Waals surface area (Å²) in [6.07, 6.45) is -0.780. The van der Waals surface area contributed by atoms with Gasteiger partial charge in [0, 0.05) is 15.4 Å². The highest BCUT2D eigenvalue weighted by Gasteiger charge is 2.10. The summed E-state index contributed by atoms with van der Waals surface area (Å²) in [6, 6.07) is 4.59. The highest BCUT2D eigenvalue weighted by Crippen LogP contribution is 2.21. The maximum atomic E-state index is 13.1. The van der Waals surface area contributed by atoms with Gasteiger partial charge < -0.3 is 5.11 Å². The quantitative estimate of drug-likeness (QED) is 0.832. The van der Waals surface area contributed by atoms with Crippen molar-refractivity contribution in [3.63, 3.8) is 0 Å². The number of benzene rings is 1. The summed E-state index contributed by atoms with van der Waals surface area (Å²) in [5.74, 6) is -0.392. The van der Waals surface area contributed by atoms with E-state index in [9.17, 15) is 9.50 Å². The largest absolute Gasteiger partial charge is 0.387 e. The molecule has 12 heavy (non-hydrogen) atoms. The average Bonchev–Trinajstić information content (AvgIpc) is 2.03. The molecule has 0 heterocycles. The average molecular weight is 298 g/mol. The van der Waals surface area contributed by atoms with Crippen molar-refractivity contribution in [2.45, 2.75) is 6.10 Å². The Morgan fingerprint density at radius 2 is 2.17 bits per heavy atom. The first-order valence-corrected chi connectivity index (χ1v) is 5.25. The van der Waals surface area contributed by atoms with Gasteiger partial charge in [-0.05, 0) is 12.1 Å². The van der Waals surface area contributed by atoms with Gasteiger partial charge in [-0.25, -0.2) is 4.39 Å². The number of hydrogen-bond donors (Lipinski definition) is 1. The first-order chi connectivity index (χ1) is 5.65. The zero-order valence-corrected chi connectivity index (χ0v) is 9.27. The third kappa shape index (κ3) is 2.28. The van der Waals surface area contributed by atoms with Gasteiger partial charge in [0.1, 0.15) is 5.82 Å². The summed E-state index contributed by atoms with van der Waals surface area (Å²) in [5.41, 5.74) is 0.315. The molecule has 1 N–H and O–H groups in total. The molecule has 1 unspecified atom stereocenters. The molecule has 0 amide bonds. The zero-order chi connectivity index (χ0) is 9.14. The molecule has 1 atom stereocenters. The van der Waals surface area contributed by atoms with Gasteiger partial charge in [0.15, 0.2) is 0 Å². The van der Waals surface area contributed by atoms with Gasteiger partial charge in [-0.3, -0.25) is 0 Å². The molecular formula is C8H7Br2FO. The van der Waals surface area contributed by atoms with Crippen LogP contribution in [0.5, 0.6) is 0 Å². The van der Waals surface area contributed by atoms with Crippen LogP contribution in [-0.2, 0) is 0 Å². The molecule has 0 radical (unpaired) electrons. The number of halogens is 3. The summed E-state index contributed by atoms with van der Waals surface area (Å²) >= 11 is 6.21. The van der Waals surface area contributed by atoms with Crippen molar-refractivity contribution >= 4 is 31.9 Å². The van der Waals surface area contributed by atoms with Gasteiger partial charge in [-0.2, -0.15) is 0 Å². The molecule has 1 rings (SSSR count). The predicted molar refractivity (Wildman–Crippen MR) is 52.9 cm³/mol. The topological polar surface area (TPSA) is 20.2 Å². The van der Waals surface area contributed by atoms with Crippen molar-refractivity contribution in [3.8, 4) is 0 Å². The van der Waals surface area contributed by atoms with Crippen LogP contribution in [0.4, 0.5) is 4.39 Å². The van der Waals surface area contributed by atoms with E-state index in [1.165, 1.54) is 6.07 Å². The van der Waals surface area contributed by atoms with Gasteiger partial charge in [-0.15, -0.1) is 0 Å². The van der Waals surface area contributed by atoms with Crippen molar-refractivity contribution in [1.29, 1.82) is 0 Å². The van der Waals surface area contributed by atoms with E-state index in [-0.39, 0.29) is 0 Å². The zero-order valence-electron chi connectivity index (χ0n) is 6.10. The molecule has 4 heteroatoms. The fourth-order valence-corrected chi connectivity index (χ4v) is 1.54. The highest BCUT2D eigenvalue weighted by molar-refractivity contribution is 9.10. The number of alkyl halides is 1. The van der Waals surface area contributed by atoms with E-state index < -0.39 is 11.9 Å². The minimum Gasteiger partial charge on any atom is -0.387 e. The lowest BCUT2D eigenvalue weighted by atomic mass is 10.1.